The van der Waals surface area contributed by atoms with Crippen LogP contribution < -0.4 is 0 Å². The Morgan fingerprint density at radius 1 is 0.323 bits per heavy atom. The first-order valence-electron chi connectivity index (χ1n) is 20.9. The third-order valence-corrected chi connectivity index (χ3v) is 11.9. The van der Waals surface area contributed by atoms with Crippen LogP contribution in [-0.2, 0) is 0 Å². The number of nitrogens with zero attached hydrogens (tertiary/aromatic N) is 4. The smallest absolute Gasteiger partial charge is 0.166 e. The Labute approximate surface area is 357 Å². The Morgan fingerprint density at radius 2 is 0.855 bits per heavy atom. The van der Waals surface area contributed by atoms with Crippen LogP contribution in [0.4, 0.5) is 0 Å². The van der Waals surface area contributed by atoms with E-state index in [1.807, 2.05) is 24.3 Å². The molecule has 0 bridgehead atoms. The van der Waals surface area contributed by atoms with Crippen molar-refractivity contribution in [1.82, 2.24) is 19.5 Å². The summed E-state index contributed by atoms with van der Waals surface area (Å²) < 4.78 is 9.52. The Kier molecular flexibility index (Phi) is 8.42. The molecular weight excluding hydrogens is 757 g/mol. The summed E-state index contributed by atoms with van der Waals surface area (Å²) in [5.41, 5.74) is 13.9. The molecule has 3 heterocycles. The lowest BCUT2D eigenvalue weighted by atomic mass is 9.93. The van der Waals surface area contributed by atoms with Crippen molar-refractivity contribution >= 4 is 43.7 Å². The number of rotatable bonds is 7. The molecule has 9 aromatic carbocycles. The Hall–Kier alpha value is -8.41. The highest BCUT2D eigenvalue weighted by atomic mass is 16.3. The van der Waals surface area contributed by atoms with Gasteiger partial charge >= 0.3 is 0 Å². The molecule has 0 radical (unpaired) electrons. The van der Waals surface area contributed by atoms with Crippen LogP contribution in [0.3, 0.4) is 0 Å². The maximum atomic E-state index is 7.19. The molecule has 5 nitrogen and oxygen atoms in total. The lowest BCUT2D eigenvalue weighted by Crippen LogP contribution is -2.02. The van der Waals surface area contributed by atoms with Gasteiger partial charge in [-0.15, -0.1) is 0 Å². The SMILES string of the molecule is c1ccc(-c2cc(-c3ccccc3)c3oc4c(-c5ccccc5)ccc(-c5nc(-c6ccccc6)nc(-c6cccc7c8ccccc8n(-c8ccccc8)c67)n5)c4c3c2)cc1. The summed E-state index contributed by atoms with van der Waals surface area (Å²) in [4.78, 5) is 16.1. The van der Waals surface area contributed by atoms with Gasteiger partial charge in [-0.1, -0.05) is 170 Å². The summed E-state index contributed by atoms with van der Waals surface area (Å²) >= 11 is 0. The normalized spacial score (nSPS) is 11.5. The van der Waals surface area contributed by atoms with Gasteiger partial charge in [-0.05, 0) is 70.8 Å². The Balaban J connectivity index is 1.19. The highest BCUT2D eigenvalue weighted by Crippen LogP contribution is 2.46. The minimum Gasteiger partial charge on any atom is -0.455 e. The second-order valence-corrected chi connectivity index (χ2v) is 15.5. The predicted octanol–water partition coefficient (Wildman–Crippen LogP) is 14.9. The summed E-state index contributed by atoms with van der Waals surface area (Å²) in [6.45, 7) is 0. The summed E-state index contributed by atoms with van der Waals surface area (Å²) in [5.74, 6) is 1.74. The van der Waals surface area contributed by atoms with Crippen molar-refractivity contribution in [2.45, 2.75) is 0 Å². The van der Waals surface area contributed by atoms with E-state index >= 15 is 0 Å². The summed E-state index contributed by atoms with van der Waals surface area (Å²) in [5, 5.41) is 4.23. The molecule has 0 saturated carbocycles. The molecule has 0 fully saturated rings. The van der Waals surface area contributed by atoms with Gasteiger partial charge in [0.1, 0.15) is 11.2 Å². The number of hydrogen-bond donors (Lipinski definition) is 0. The minimum atomic E-state index is 0.562. The zero-order valence-corrected chi connectivity index (χ0v) is 33.5. The van der Waals surface area contributed by atoms with E-state index < -0.39 is 0 Å². The van der Waals surface area contributed by atoms with E-state index in [0.29, 0.717) is 17.5 Å². The topological polar surface area (TPSA) is 56.7 Å². The van der Waals surface area contributed by atoms with Crippen molar-refractivity contribution < 1.29 is 4.42 Å². The fourth-order valence-corrected chi connectivity index (χ4v) is 9.02. The zero-order valence-electron chi connectivity index (χ0n) is 33.5. The molecule has 0 aliphatic rings. The first-order chi connectivity index (χ1) is 30.8. The Bertz CT molecular complexity index is 3600. The second-order valence-electron chi connectivity index (χ2n) is 15.5. The summed E-state index contributed by atoms with van der Waals surface area (Å²) in [7, 11) is 0. The number of benzene rings is 9. The van der Waals surface area contributed by atoms with Crippen LogP contribution in [0.1, 0.15) is 0 Å². The largest absolute Gasteiger partial charge is 0.455 e. The molecule has 0 aliphatic carbocycles. The third-order valence-electron chi connectivity index (χ3n) is 11.9. The summed E-state index contributed by atoms with van der Waals surface area (Å²) in [6, 6.07) is 76.1. The average Bonchev–Trinajstić information content (AvgIpc) is 3.91. The molecule has 12 aromatic rings. The monoisotopic (exact) mass is 792 g/mol. The molecule has 0 spiro atoms. The lowest BCUT2D eigenvalue weighted by Gasteiger charge is -2.13. The van der Waals surface area contributed by atoms with Gasteiger partial charge in [-0.2, -0.15) is 0 Å². The maximum Gasteiger partial charge on any atom is 0.166 e. The van der Waals surface area contributed by atoms with Crippen LogP contribution in [0.25, 0.3) is 117 Å². The number of para-hydroxylation sites is 3. The van der Waals surface area contributed by atoms with Crippen LogP contribution in [0.2, 0.25) is 0 Å². The van der Waals surface area contributed by atoms with Crippen molar-refractivity contribution in [3.05, 3.63) is 218 Å². The molecule has 12 rings (SSSR count). The van der Waals surface area contributed by atoms with Gasteiger partial charge in [-0.3, -0.25) is 0 Å². The van der Waals surface area contributed by atoms with Crippen molar-refractivity contribution in [3.8, 4) is 73.2 Å². The van der Waals surface area contributed by atoms with Crippen LogP contribution >= 0.6 is 0 Å². The molecular formula is C57H36N4O. The van der Waals surface area contributed by atoms with E-state index in [1.54, 1.807) is 0 Å². The molecule has 0 unspecified atom stereocenters. The van der Waals surface area contributed by atoms with Crippen molar-refractivity contribution in [3.63, 3.8) is 0 Å². The molecule has 0 amide bonds. The van der Waals surface area contributed by atoms with Crippen molar-refractivity contribution in [1.29, 1.82) is 0 Å². The number of fused-ring (bicyclic) bond motifs is 6. The maximum absolute atomic E-state index is 7.19. The van der Waals surface area contributed by atoms with Crippen LogP contribution in [0.15, 0.2) is 223 Å². The van der Waals surface area contributed by atoms with Crippen molar-refractivity contribution in [2.75, 3.05) is 0 Å². The second kappa shape index (κ2) is 14.7. The molecule has 0 aliphatic heterocycles. The first kappa shape index (κ1) is 35.5. The van der Waals surface area contributed by atoms with Crippen LogP contribution in [-0.4, -0.2) is 19.5 Å². The molecule has 62 heavy (non-hydrogen) atoms. The van der Waals surface area contributed by atoms with Gasteiger partial charge in [0.15, 0.2) is 17.5 Å². The lowest BCUT2D eigenvalue weighted by molar-refractivity contribution is 0.671. The molecule has 3 aromatic heterocycles. The standard InChI is InChI=1S/C57H36N4O/c1-6-19-37(20-7-1)41-35-48(39-23-10-3-11-24-39)53-49(36-41)51-46(34-33-43(54(51)62-53)38-21-8-2-9-22-38)56-58-55(40-25-12-4-13-26-40)59-57(60-56)47-31-18-30-45-44-29-16-17-32-50(44)61(52(45)47)42-27-14-5-15-28-42/h1-36H. The quantitative estimate of drug-likeness (QED) is 0.161. The number of aromatic nitrogens is 4. The minimum absolute atomic E-state index is 0.562. The van der Waals surface area contributed by atoms with Crippen LogP contribution in [0.5, 0.6) is 0 Å². The summed E-state index contributed by atoms with van der Waals surface area (Å²) in [6.07, 6.45) is 0. The predicted molar refractivity (Wildman–Crippen MR) is 254 cm³/mol. The fraction of sp³-hybridized carbons (Fsp3) is 0. The molecule has 0 atom stereocenters. The van der Waals surface area contributed by atoms with E-state index in [4.69, 9.17) is 19.4 Å². The van der Waals surface area contributed by atoms with Crippen molar-refractivity contribution in [2.24, 2.45) is 0 Å². The Morgan fingerprint density at radius 3 is 1.55 bits per heavy atom. The molecule has 0 N–H and O–H groups in total. The zero-order chi connectivity index (χ0) is 41.0. The van der Waals surface area contributed by atoms with Gasteiger partial charge in [-0.25, -0.2) is 15.0 Å². The molecule has 290 valence electrons. The van der Waals surface area contributed by atoms with Gasteiger partial charge in [0.25, 0.3) is 0 Å². The fourth-order valence-electron chi connectivity index (χ4n) is 9.02. The highest BCUT2D eigenvalue weighted by Gasteiger charge is 2.25. The molecule has 0 saturated heterocycles. The van der Waals surface area contributed by atoms with Gasteiger partial charge < -0.3 is 8.98 Å². The van der Waals surface area contributed by atoms with Gasteiger partial charge in [0.2, 0.25) is 0 Å². The number of furan rings is 1. The number of hydrogen-bond acceptors (Lipinski definition) is 4. The third kappa shape index (κ3) is 5.90. The highest BCUT2D eigenvalue weighted by molar-refractivity contribution is 6.19. The molecule has 5 heteroatoms. The van der Waals surface area contributed by atoms with Gasteiger partial charge in [0.05, 0.1) is 11.0 Å². The van der Waals surface area contributed by atoms with E-state index in [2.05, 4.69) is 199 Å². The van der Waals surface area contributed by atoms with E-state index in [1.165, 1.54) is 0 Å². The average molecular weight is 793 g/mol. The van der Waals surface area contributed by atoms with Gasteiger partial charge in [0, 0.05) is 55.0 Å². The van der Waals surface area contributed by atoms with Crippen LogP contribution in [0, 0.1) is 0 Å². The van der Waals surface area contributed by atoms with E-state index in [-0.39, 0.29) is 0 Å². The van der Waals surface area contributed by atoms with E-state index in [0.717, 1.165) is 99.5 Å². The first-order valence-corrected chi connectivity index (χ1v) is 20.9. The van der Waals surface area contributed by atoms with E-state index in [9.17, 15) is 0 Å².